The fourth-order valence-electron chi connectivity index (χ4n) is 3.06. The van der Waals surface area contributed by atoms with Crippen LogP contribution in [-0.2, 0) is 13.2 Å². The van der Waals surface area contributed by atoms with Gasteiger partial charge in [-0.25, -0.2) is 13.5 Å². The predicted molar refractivity (Wildman–Crippen MR) is 82.4 cm³/mol. The number of aromatic nitrogens is 3. The maximum atomic E-state index is 13.8. The Bertz CT molecular complexity index is 676. The van der Waals surface area contributed by atoms with Gasteiger partial charge in [-0.05, 0) is 30.5 Å². The second-order valence-corrected chi connectivity index (χ2v) is 5.95. The highest BCUT2D eigenvalue weighted by Crippen LogP contribution is 2.26. The van der Waals surface area contributed by atoms with E-state index in [4.69, 9.17) is 9.84 Å². The van der Waals surface area contributed by atoms with Crippen LogP contribution in [0.25, 0.3) is 0 Å². The number of likely N-dealkylation sites (tertiary alicyclic amines) is 1. The van der Waals surface area contributed by atoms with Crippen molar-refractivity contribution in [2.45, 2.75) is 32.0 Å². The molecule has 1 aromatic heterocycles. The maximum Gasteiger partial charge on any atom is 0.190 e. The summed E-state index contributed by atoms with van der Waals surface area (Å²) >= 11 is 0. The quantitative estimate of drug-likeness (QED) is 0.902. The largest absolute Gasteiger partial charge is 0.491 e. The van der Waals surface area contributed by atoms with Gasteiger partial charge in [-0.15, -0.1) is 5.10 Å². The molecular weight excluding hydrogens is 318 g/mol. The third kappa shape index (κ3) is 3.54. The van der Waals surface area contributed by atoms with E-state index in [1.165, 1.54) is 19.2 Å². The van der Waals surface area contributed by atoms with Gasteiger partial charge in [0, 0.05) is 19.6 Å². The number of aliphatic hydroxyl groups excluding tert-OH is 1. The number of methoxy groups -OCH3 is 1. The van der Waals surface area contributed by atoms with Crippen LogP contribution in [0.15, 0.2) is 18.3 Å². The average Bonchev–Trinajstić information content (AvgIpc) is 3.04. The van der Waals surface area contributed by atoms with E-state index in [1.807, 2.05) is 0 Å². The number of halogens is 2. The lowest BCUT2D eigenvalue weighted by Gasteiger charge is -2.31. The topological polar surface area (TPSA) is 63.4 Å². The fraction of sp³-hybridized carbons (Fsp3) is 0.500. The summed E-state index contributed by atoms with van der Waals surface area (Å²) in [5.74, 6) is -1.70. The van der Waals surface area contributed by atoms with Crippen LogP contribution in [0.5, 0.6) is 5.75 Å². The lowest BCUT2D eigenvalue weighted by Crippen LogP contribution is -2.34. The molecule has 0 spiro atoms. The number of aliphatic hydroxyl groups is 1. The second-order valence-electron chi connectivity index (χ2n) is 5.95. The van der Waals surface area contributed by atoms with E-state index in [0.717, 1.165) is 25.9 Å². The van der Waals surface area contributed by atoms with Crippen molar-refractivity contribution in [2.24, 2.45) is 0 Å². The Kier molecular flexibility index (Phi) is 5.06. The van der Waals surface area contributed by atoms with Gasteiger partial charge in [-0.1, -0.05) is 5.21 Å². The Balaban J connectivity index is 1.59. The van der Waals surface area contributed by atoms with Gasteiger partial charge in [0.05, 0.1) is 26.0 Å². The lowest BCUT2D eigenvalue weighted by molar-refractivity contribution is 0.171. The van der Waals surface area contributed by atoms with Crippen LogP contribution in [0.4, 0.5) is 8.78 Å². The minimum atomic E-state index is -0.679. The highest BCUT2D eigenvalue weighted by molar-refractivity contribution is 5.31. The molecule has 1 aliphatic heterocycles. The lowest BCUT2D eigenvalue weighted by atomic mass is 10.0. The molecule has 2 heterocycles. The molecule has 2 aromatic rings. The molecule has 130 valence electrons. The molecule has 1 aromatic carbocycles. The van der Waals surface area contributed by atoms with Gasteiger partial charge in [0.2, 0.25) is 0 Å². The molecule has 0 aliphatic carbocycles. The molecule has 8 heteroatoms. The Labute approximate surface area is 138 Å². The van der Waals surface area contributed by atoms with Crippen molar-refractivity contribution in [3.8, 4) is 5.75 Å². The minimum Gasteiger partial charge on any atom is -0.491 e. The molecule has 24 heavy (non-hydrogen) atoms. The predicted octanol–water partition coefficient (Wildman–Crippen LogP) is 1.89. The van der Waals surface area contributed by atoms with Gasteiger partial charge in [0.25, 0.3) is 0 Å². The summed E-state index contributed by atoms with van der Waals surface area (Å²) in [6.07, 6.45) is 3.50. The second kappa shape index (κ2) is 7.23. The number of hydrogen-bond acceptors (Lipinski definition) is 5. The zero-order chi connectivity index (χ0) is 17.1. The first-order chi connectivity index (χ1) is 11.6. The van der Waals surface area contributed by atoms with Crippen molar-refractivity contribution in [1.29, 1.82) is 0 Å². The molecule has 1 N–H and O–H groups in total. The normalized spacial score (nSPS) is 16.5. The van der Waals surface area contributed by atoms with Crippen LogP contribution >= 0.6 is 0 Å². The van der Waals surface area contributed by atoms with Crippen molar-refractivity contribution >= 4 is 0 Å². The molecular formula is C16H20F2N4O2. The number of hydrogen-bond donors (Lipinski definition) is 1. The molecule has 0 amide bonds. The first-order valence-electron chi connectivity index (χ1n) is 7.86. The van der Waals surface area contributed by atoms with Crippen molar-refractivity contribution < 1.29 is 18.6 Å². The average molecular weight is 338 g/mol. The molecule has 1 aliphatic rings. The summed E-state index contributed by atoms with van der Waals surface area (Å²) in [5.41, 5.74) is 1.15. The third-order valence-electron chi connectivity index (χ3n) is 4.32. The number of piperidine rings is 1. The van der Waals surface area contributed by atoms with E-state index in [-0.39, 0.29) is 18.4 Å². The summed E-state index contributed by atoms with van der Waals surface area (Å²) in [7, 11) is 1.25. The smallest absolute Gasteiger partial charge is 0.190 e. The number of ether oxygens (including phenoxy) is 1. The number of benzene rings is 1. The van der Waals surface area contributed by atoms with Crippen LogP contribution < -0.4 is 4.74 Å². The van der Waals surface area contributed by atoms with E-state index in [2.05, 4.69) is 15.2 Å². The molecule has 1 saturated heterocycles. The van der Waals surface area contributed by atoms with E-state index >= 15 is 0 Å². The first kappa shape index (κ1) is 16.8. The Morgan fingerprint density at radius 1 is 1.25 bits per heavy atom. The van der Waals surface area contributed by atoms with Crippen molar-refractivity contribution in [2.75, 3.05) is 20.2 Å². The fourth-order valence-corrected chi connectivity index (χ4v) is 3.06. The molecule has 3 rings (SSSR count). The zero-order valence-electron chi connectivity index (χ0n) is 13.5. The van der Waals surface area contributed by atoms with Crippen molar-refractivity contribution in [3.63, 3.8) is 0 Å². The summed E-state index contributed by atoms with van der Waals surface area (Å²) in [5, 5.41) is 17.0. The van der Waals surface area contributed by atoms with E-state index in [0.29, 0.717) is 17.8 Å². The SMILES string of the molecule is COc1c(F)cc(CN2CCC(n3cc(CO)nn3)CC2)cc1F. The monoisotopic (exact) mass is 338 g/mol. The van der Waals surface area contributed by atoms with E-state index < -0.39 is 11.6 Å². The van der Waals surface area contributed by atoms with Crippen LogP contribution in [-0.4, -0.2) is 45.2 Å². The highest BCUT2D eigenvalue weighted by Gasteiger charge is 2.22. The summed E-state index contributed by atoms with van der Waals surface area (Å²) in [6, 6.07) is 2.87. The summed E-state index contributed by atoms with van der Waals surface area (Å²) in [6.45, 7) is 1.97. The summed E-state index contributed by atoms with van der Waals surface area (Å²) in [4.78, 5) is 2.15. The standard InChI is InChI=1S/C16H20F2N4O2/c1-24-16-14(17)6-11(7-15(16)18)8-21-4-2-13(3-5-21)22-9-12(10-23)19-20-22/h6-7,9,13,23H,2-5,8,10H2,1H3. The molecule has 1 fully saturated rings. The van der Waals surface area contributed by atoms with Crippen LogP contribution in [0.1, 0.15) is 30.1 Å². The van der Waals surface area contributed by atoms with Gasteiger partial charge in [0.15, 0.2) is 17.4 Å². The van der Waals surface area contributed by atoms with E-state index in [9.17, 15) is 8.78 Å². The third-order valence-corrected chi connectivity index (χ3v) is 4.32. The first-order valence-corrected chi connectivity index (χ1v) is 7.86. The number of rotatable bonds is 5. The molecule has 0 unspecified atom stereocenters. The van der Waals surface area contributed by atoms with Crippen molar-refractivity contribution in [3.05, 3.63) is 41.2 Å². The Hall–Kier alpha value is -2.06. The maximum absolute atomic E-state index is 13.8. The molecule has 0 radical (unpaired) electrons. The Morgan fingerprint density at radius 3 is 2.46 bits per heavy atom. The molecule has 6 nitrogen and oxygen atoms in total. The molecule has 0 atom stereocenters. The van der Waals surface area contributed by atoms with Crippen LogP contribution in [0, 0.1) is 11.6 Å². The Morgan fingerprint density at radius 2 is 1.92 bits per heavy atom. The molecule has 0 bridgehead atoms. The number of nitrogens with zero attached hydrogens (tertiary/aromatic N) is 4. The highest BCUT2D eigenvalue weighted by atomic mass is 19.1. The summed E-state index contributed by atoms with van der Waals surface area (Å²) < 4.78 is 34.0. The van der Waals surface area contributed by atoms with Gasteiger partial charge < -0.3 is 9.84 Å². The van der Waals surface area contributed by atoms with Gasteiger partial charge in [-0.2, -0.15) is 0 Å². The minimum absolute atomic E-state index is 0.118. The van der Waals surface area contributed by atoms with Gasteiger partial charge in [-0.3, -0.25) is 4.90 Å². The van der Waals surface area contributed by atoms with Gasteiger partial charge >= 0.3 is 0 Å². The molecule has 0 saturated carbocycles. The van der Waals surface area contributed by atoms with Crippen LogP contribution in [0.2, 0.25) is 0 Å². The van der Waals surface area contributed by atoms with Crippen molar-refractivity contribution in [1.82, 2.24) is 19.9 Å². The van der Waals surface area contributed by atoms with E-state index in [1.54, 1.807) is 10.9 Å². The van der Waals surface area contributed by atoms with Crippen LogP contribution in [0.3, 0.4) is 0 Å². The zero-order valence-corrected chi connectivity index (χ0v) is 13.5. The van der Waals surface area contributed by atoms with Gasteiger partial charge in [0.1, 0.15) is 5.69 Å².